The van der Waals surface area contributed by atoms with Gasteiger partial charge in [0.1, 0.15) is 12.2 Å². The molecule has 2 heterocycles. The maximum atomic E-state index is 11.9. The first-order valence-electron chi connectivity index (χ1n) is 6.54. The van der Waals surface area contributed by atoms with E-state index in [-0.39, 0.29) is 23.8 Å². The summed E-state index contributed by atoms with van der Waals surface area (Å²) in [7, 11) is 0. The summed E-state index contributed by atoms with van der Waals surface area (Å²) in [5.74, 6) is -0.497. The molecule has 9 nitrogen and oxygen atoms in total. The largest absolute Gasteiger partial charge is 0.396 e. The fraction of sp³-hybridized carbons (Fsp3) is 0.333. The molecular formula is C12H15N7O2. The van der Waals surface area contributed by atoms with Crippen molar-refractivity contribution < 1.29 is 9.59 Å². The molecule has 0 bridgehead atoms. The third kappa shape index (κ3) is 3.19. The van der Waals surface area contributed by atoms with Crippen molar-refractivity contribution >= 4 is 23.2 Å². The van der Waals surface area contributed by atoms with Gasteiger partial charge in [0.25, 0.3) is 5.91 Å². The standard InChI is InChI=1S/C12H15N7O2/c13-9-4-14-18-11(9)12(21)17-8-3-15-19(5-8)6-10(20)16-7-1-2-7/h3-5,7H,1-2,6,13H2,(H,14,18)(H,16,20)(H,17,21). The second-order valence-corrected chi connectivity index (χ2v) is 4.92. The van der Waals surface area contributed by atoms with E-state index in [1.54, 1.807) is 6.20 Å². The molecule has 2 aromatic rings. The molecule has 0 radical (unpaired) electrons. The zero-order chi connectivity index (χ0) is 14.8. The minimum Gasteiger partial charge on any atom is -0.396 e. The topological polar surface area (TPSA) is 131 Å². The van der Waals surface area contributed by atoms with Crippen LogP contribution in [0.25, 0.3) is 0 Å². The molecule has 110 valence electrons. The van der Waals surface area contributed by atoms with Crippen molar-refractivity contribution in [2.24, 2.45) is 0 Å². The van der Waals surface area contributed by atoms with Crippen molar-refractivity contribution in [3.63, 3.8) is 0 Å². The number of hydrogen-bond acceptors (Lipinski definition) is 5. The number of aromatic amines is 1. The molecule has 1 aliphatic rings. The first-order valence-corrected chi connectivity index (χ1v) is 6.54. The average molecular weight is 289 g/mol. The van der Waals surface area contributed by atoms with Gasteiger partial charge in [0.05, 0.1) is 23.8 Å². The van der Waals surface area contributed by atoms with Gasteiger partial charge in [0.2, 0.25) is 5.91 Å². The van der Waals surface area contributed by atoms with E-state index >= 15 is 0 Å². The third-order valence-electron chi connectivity index (χ3n) is 3.03. The Morgan fingerprint density at radius 3 is 2.90 bits per heavy atom. The number of rotatable bonds is 5. The Bertz CT molecular complexity index is 671. The molecular weight excluding hydrogens is 274 g/mol. The van der Waals surface area contributed by atoms with E-state index in [0.29, 0.717) is 11.7 Å². The van der Waals surface area contributed by atoms with Crippen molar-refractivity contribution in [1.29, 1.82) is 0 Å². The van der Waals surface area contributed by atoms with Crippen LogP contribution < -0.4 is 16.4 Å². The van der Waals surface area contributed by atoms with Gasteiger partial charge in [-0.3, -0.25) is 19.4 Å². The molecule has 1 aliphatic carbocycles. The highest BCUT2D eigenvalue weighted by Gasteiger charge is 2.23. The molecule has 2 aromatic heterocycles. The van der Waals surface area contributed by atoms with Crippen LogP contribution in [0.5, 0.6) is 0 Å². The van der Waals surface area contributed by atoms with Gasteiger partial charge in [-0.05, 0) is 12.8 Å². The van der Waals surface area contributed by atoms with Crippen molar-refractivity contribution in [3.05, 3.63) is 24.3 Å². The molecule has 5 N–H and O–H groups in total. The van der Waals surface area contributed by atoms with Gasteiger partial charge in [-0.15, -0.1) is 0 Å². The van der Waals surface area contributed by atoms with Crippen LogP contribution in [0.15, 0.2) is 18.6 Å². The van der Waals surface area contributed by atoms with E-state index in [1.807, 2.05) is 0 Å². The minimum absolute atomic E-state index is 0.0868. The first kappa shape index (κ1) is 13.2. The highest BCUT2D eigenvalue weighted by atomic mass is 16.2. The number of carbonyl (C=O) groups is 2. The van der Waals surface area contributed by atoms with Crippen LogP contribution in [0.2, 0.25) is 0 Å². The molecule has 9 heteroatoms. The second kappa shape index (κ2) is 5.27. The Morgan fingerprint density at radius 1 is 1.43 bits per heavy atom. The predicted molar refractivity (Wildman–Crippen MR) is 74.3 cm³/mol. The van der Waals surface area contributed by atoms with Gasteiger partial charge in [-0.2, -0.15) is 10.2 Å². The number of carbonyl (C=O) groups excluding carboxylic acids is 2. The zero-order valence-corrected chi connectivity index (χ0v) is 11.2. The number of anilines is 2. The molecule has 0 unspecified atom stereocenters. The average Bonchev–Trinajstić information content (AvgIpc) is 2.95. The normalized spacial score (nSPS) is 13.9. The van der Waals surface area contributed by atoms with E-state index in [2.05, 4.69) is 25.9 Å². The Labute approximate surface area is 119 Å². The van der Waals surface area contributed by atoms with E-state index in [1.165, 1.54) is 17.1 Å². The lowest BCUT2D eigenvalue weighted by atomic mass is 10.3. The number of nitrogens with zero attached hydrogens (tertiary/aromatic N) is 3. The number of nitrogens with one attached hydrogen (secondary N) is 3. The van der Waals surface area contributed by atoms with Crippen LogP contribution in [0, 0.1) is 0 Å². The lowest BCUT2D eigenvalue weighted by molar-refractivity contribution is -0.122. The Morgan fingerprint density at radius 2 is 2.24 bits per heavy atom. The maximum Gasteiger partial charge on any atom is 0.275 e. The van der Waals surface area contributed by atoms with Gasteiger partial charge >= 0.3 is 0 Å². The summed E-state index contributed by atoms with van der Waals surface area (Å²) in [6.07, 6.45) is 6.49. The van der Waals surface area contributed by atoms with Crippen LogP contribution in [0.1, 0.15) is 23.3 Å². The summed E-state index contributed by atoms with van der Waals surface area (Å²) in [6, 6.07) is 0.315. The number of nitrogens with two attached hydrogens (primary N) is 1. The van der Waals surface area contributed by atoms with Crippen molar-refractivity contribution in [1.82, 2.24) is 25.3 Å². The summed E-state index contributed by atoms with van der Waals surface area (Å²) in [5.41, 5.74) is 6.53. The monoisotopic (exact) mass is 289 g/mol. The van der Waals surface area contributed by atoms with Crippen LogP contribution in [-0.4, -0.2) is 37.8 Å². The molecule has 0 aromatic carbocycles. The zero-order valence-electron chi connectivity index (χ0n) is 11.2. The lowest BCUT2D eigenvalue weighted by Gasteiger charge is -2.03. The van der Waals surface area contributed by atoms with E-state index in [4.69, 9.17) is 5.73 Å². The van der Waals surface area contributed by atoms with Crippen LogP contribution >= 0.6 is 0 Å². The molecule has 21 heavy (non-hydrogen) atoms. The highest BCUT2D eigenvalue weighted by Crippen LogP contribution is 2.18. The minimum atomic E-state index is -0.410. The van der Waals surface area contributed by atoms with E-state index in [0.717, 1.165) is 12.8 Å². The molecule has 0 atom stereocenters. The molecule has 1 saturated carbocycles. The number of aromatic nitrogens is 4. The number of H-pyrrole nitrogens is 1. The predicted octanol–water partition coefficient (Wildman–Crippen LogP) is -0.281. The van der Waals surface area contributed by atoms with Crippen LogP contribution in [0.4, 0.5) is 11.4 Å². The van der Waals surface area contributed by atoms with Crippen molar-refractivity contribution in [2.45, 2.75) is 25.4 Å². The lowest BCUT2D eigenvalue weighted by Crippen LogP contribution is -2.29. The van der Waals surface area contributed by atoms with Gasteiger partial charge in [-0.25, -0.2) is 0 Å². The van der Waals surface area contributed by atoms with Gasteiger partial charge < -0.3 is 16.4 Å². The molecule has 2 amide bonds. The summed E-state index contributed by atoms with van der Waals surface area (Å²) in [4.78, 5) is 23.5. The van der Waals surface area contributed by atoms with Crippen LogP contribution in [0.3, 0.4) is 0 Å². The quantitative estimate of drug-likeness (QED) is 0.601. The second-order valence-electron chi connectivity index (χ2n) is 4.92. The molecule has 3 rings (SSSR count). The Balaban J connectivity index is 1.58. The van der Waals surface area contributed by atoms with E-state index < -0.39 is 5.91 Å². The Kier molecular flexibility index (Phi) is 3.30. The molecule has 1 fully saturated rings. The molecule has 0 spiro atoms. The summed E-state index contributed by atoms with van der Waals surface area (Å²) < 4.78 is 1.46. The number of nitrogen functional groups attached to an aromatic ring is 1. The van der Waals surface area contributed by atoms with Crippen LogP contribution in [-0.2, 0) is 11.3 Å². The smallest absolute Gasteiger partial charge is 0.275 e. The molecule has 0 saturated heterocycles. The van der Waals surface area contributed by atoms with E-state index in [9.17, 15) is 9.59 Å². The third-order valence-corrected chi connectivity index (χ3v) is 3.03. The van der Waals surface area contributed by atoms with Gasteiger partial charge in [0.15, 0.2) is 0 Å². The summed E-state index contributed by atoms with van der Waals surface area (Å²) >= 11 is 0. The maximum absolute atomic E-state index is 11.9. The fourth-order valence-electron chi connectivity index (χ4n) is 1.83. The van der Waals surface area contributed by atoms with Gasteiger partial charge in [0, 0.05) is 12.2 Å². The summed E-state index contributed by atoms with van der Waals surface area (Å²) in [5, 5.41) is 15.7. The number of hydrogen-bond donors (Lipinski definition) is 4. The Hall–Kier alpha value is -2.84. The fourth-order valence-corrected chi connectivity index (χ4v) is 1.83. The van der Waals surface area contributed by atoms with Crippen molar-refractivity contribution in [3.8, 4) is 0 Å². The molecule has 0 aliphatic heterocycles. The SMILES string of the molecule is Nc1cn[nH]c1C(=O)Nc1cnn(CC(=O)NC2CC2)c1. The number of amides is 2. The highest BCUT2D eigenvalue weighted by molar-refractivity contribution is 6.05. The first-order chi connectivity index (χ1) is 10.1. The van der Waals surface area contributed by atoms with Gasteiger partial charge in [-0.1, -0.05) is 0 Å². The van der Waals surface area contributed by atoms with Crippen molar-refractivity contribution in [2.75, 3.05) is 11.1 Å². The summed E-state index contributed by atoms with van der Waals surface area (Å²) in [6.45, 7) is 0.124.